The zero-order valence-electron chi connectivity index (χ0n) is 14.8. The van der Waals surface area contributed by atoms with Crippen molar-refractivity contribution in [2.75, 3.05) is 6.54 Å². The SMILES string of the molecule is CC(C)C(NC(CCCCN)C(=O)C[C@@H](C)C(=O)O)C(C)C. The quantitative estimate of drug-likeness (QED) is 0.481. The number of hydrogen-bond donors (Lipinski definition) is 3. The highest BCUT2D eigenvalue weighted by molar-refractivity contribution is 5.87. The van der Waals surface area contributed by atoms with Gasteiger partial charge in [-0.1, -0.05) is 41.0 Å². The van der Waals surface area contributed by atoms with Gasteiger partial charge in [-0.15, -0.1) is 0 Å². The fraction of sp³-hybridized carbons (Fsp3) is 0.882. The third kappa shape index (κ3) is 7.90. The summed E-state index contributed by atoms with van der Waals surface area (Å²) >= 11 is 0. The number of carboxylic acid groups (broad SMARTS) is 1. The number of hydrogen-bond acceptors (Lipinski definition) is 4. The van der Waals surface area contributed by atoms with Crippen molar-refractivity contribution < 1.29 is 14.7 Å². The van der Waals surface area contributed by atoms with Gasteiger partial charge < -0.3 is 16.2 Å². The van der Waals surface area contributed by atoms with E-state index in [4.69, 9.17) is 10.8 Å². The van der Waals surface area contributed by atoms with E-state index in [1.54, 1.807) is 6.92 Å². The van der Waals surface area contributed by atoms with E-state index in [9.17, 15) is 9.59 Å². The predicted molar refractivity (Wildman–Crippen MR) is 89.7 cm³/mol. The third-order valence-electron chi connectivity index (χ3n) is 4.09. The molecule has 0 amide bonds. The van der Waals surface area contributed by atoms with Gasteiger partial charge in [0.25, 0.3) is 0 Å². The second kappa shape index (κ2) is 10.7. The minimum absolute atomic E-state index is 0.00165. The molecule has 0 saturated heterocycles. The molecule has 0 fully saturated rings. The van der Waals surface area contributed by atoms with Crippen LogP contribution >= 0.6 is 0 Å². The summed E-state index contributed by atoms with van der Waals surface area (Å²) in [7, 11) is 0. The molecule has 130 valence electrons. The number of nitrogens with one attached hydrogen (secondary N) is 1. The molecule has 0 spiro atoms. The molecular weight excluding hydrogens is 280 g/mol. The van der Waals surface area contributed by atoms with Crippen LogP contribution in [0.1, 0.15) is 60.3 Å². The van der Waals surface area contributed by atoms with Crippen LogP contribution in [0.25, 0.3) is 0 Å². The molecule has 0 aromatic heterocycles. The Bertz CT molecular complexity index is 335. The van der Waals surface area contributed by atoms with Crippen molar-refractivity contribution in [3.63, 3.8) is 0 Å². The largest absolute Gasteiger partial charge is 0.481 e. The second-order valence-electron chi connectivity index (χ2n) is 6.93. The summed E-state index contributed by atoms with van der Waals surface area (Å²) in [5.41, 5.74) is 5.53. The molecule has 0 aromatic rings. The minimum atomic E-state index is -0.918. The molecule has 0 aromatic carbocycles. The molecule has 0 heterocycles. The van der Waals surface area contributed by atoms with Gasteiger partial charge in [0.2, 0.25) is 0 Å². The molecule has 1 unspecified atom stereocenters. The van der Waals surface area contributed by atoms with E-state index in [0.29, 0.717) is 18.4 Å². The first-order valence-electron chi connectivity index (χ1n) is 8.42. The number of aliphatic carboxylic acids is 1. The van der Waals surface area contributed by atoms with Gasteiger partial charge in [-0.05, 0) is 31.2 Å². The van der Waals surface area contributed by atoms with Crippen LogP contribution < -0.4 is 11.1 Å². The summed E-state index contributed by atoms with van der Waals surface area (Å²) < 4.78 is 0. The Morgan fingerprint density at radius 2 is 1.59 bits per heavy atom. The maximum Gasteiger partial charge on any atom is 0.306 e. The van der Waals surface area contributed by atoms with Crippen molar-refractivity contribution in [2.45, 2.75) is 72.4 Å². The number of carboxylic acids is 1. The zero-order chi connectivity index (χ0) is 17.3. The van der Waals surface area contributed by atoms with E-state index in [0.717, 1.165) is 19.3 Å². The van der Waals surface area contributed by atoms with Gasteiger partial charge >= 0.3 is 5.97 Å². The van der Waals surface area contributed by atoms with Crippen LogP contribution in [0.2, 0.25) is 0 Å². The molecule has 0 aliphatic rings. The Morgan fingerprint density at radius 1 is 1.05 bits per heavy atom. The summed E-state index contributed by atoms with van der Waals surface area (Å²) in [5, 5.41) is 12.5. The predicted octanol–water partition coefficient (Wildman–Crippen LogP) is 2.43. The number of carbonyl (C=O) groups is 2. The minimum Gasteiger partial charge on any atom is -0.481 e. The lowest BCUT2D eigenvalue weighted by Gasteiger charge is -2.31. The average Bonchev–Trinajstić information content (AvgIpc) is 2.41. The van der Waals surface area contributed by atoms with Crippen molar-refractivity contribution in [3.05, 3.63) is 0 Å². The Labute approximate surface area is 135 Å². The smallest absolute Gasteiger partial charge is 0.306 e. The Balaban J connectivity index is 4.86. The van der Waals surface area contributed by atoms with E-state index < -0.39 is 11.9 Å². The molecule has 0 saturated carbocycles. The number of nitrogens with two attached hydrogens (primary N) is 1. The number of ketones is 1. The molecule has 0 radical (unpaired) electrons. The van der Waals surface area contributed by atoms with Crippen LogP contribution in [0.15, 0.2) is 0 Å². The number of unbranched alkanes of at least 4 members (excludes halogenated alkanes) is 1. The van der Waals surface area contributed by atoms with E-state index in [1.807, 2.05) is 0 Å². The van der Waals surface area contributed by atoms with E-state index in [2.05, 4.69) is 33.0 Å². The Morgan fingerprint density at radius 3 is 2.00 bits per heavy atom. The highest BCUT2D eigenvalue weighted by atomic mass is 16.4. The van der Waals surface area contributed by atoms with Gasteiger partial charge in [0, 0.05) is 12.5 Å². The molecular formula is C17H34N2O3. The zero-order valence-corrected chi connectivity index (χ0v) is 14.8. The number of Topliss-reactive ketones (excluding diaryl/α,β-unsaturated/α-hetero) is 1. The van der Waals surface area contributed by atoms with Crippen LogP contribution in [0.5, 0.6) is 0 Å². The van der Waals surface area contributed by atoms with Crippen molar-refractivity contribution in [3.8, 4) is 0 Å². The Kier molecular flexibility index (Phi) is 10.3. The molecule has 0 aliphatic carbocycles. The van der Waals surface area contributed by atoms with Crippen LogP contribution in [0.3, 0.4) is 0 Å². The van der Waals surface area contributed by atoms with Crippen LogP contribution in [0, 0.1) is 17.8 Å². The molecule has 5 nitrogen and oxygen atoms in total. The lowest BCUT2D eigenvalue weighted by atomic mass is 9.90. The van der Waals surface area contributed by atoms with Gasteiger partial charge in [-0.3, -0.25) is 9.59 Å². The van der Waals surface area contributed by atoms with Crippen LogP contribution in [0.4, 0.5) is 0 Å². The molecule has 0 bridgehead atoms. The summed E-state index contributed by atoms with van der Waals surface area (Å²) in [4.78, 5) is 23.4. The fourth-order valence-corrected chi connectivity index (χ4v) is 2.75. The maximum absolute atomic E-state index is 12.5. The molecule has 0 aliphatic heterocycles. The first-order chi connectivity index (χ1) is 10.2. The molecule has 2 atom stereocenters. The Hall–Kier alpha value is -0.940. The third-order valence-corrected chi connectivity index (χ3v) is 4.09. The summed E-state index contributed by atoms with van der Waals surface area (Å²) in [5.74, 6) is -0.720. The molecule has 4 N–H and O–H groups in total. The van der Waals surface area contributed by atoms with Crippen LogP contribution in [-0.4, -0.2) is 35.5 Å². The van der Waals surface area contributed by atoms with Gasteiger partial charge in [0.05, 0.1) is 12.0 Å². The van der Waals surface area contributed by atoms with Crippen LogP contribution in [-0.2, 0) is 9.59 Å². The maximum atomic E-state index is 12.5. The number of carbonyl (C=O) groups excluding carboxylic acids is 1. The highest BCUT2D eigenvalue weighted by Gasteiger charge is 2.27. The van der Waals surface area contributed by atoms with Crippen molar-refractivity contribution in [2.24, 2.45) is 23.5 Å². The summed E-state index contributed by atoms with van der Waals surface area (Å²) in [6, 6.07) is -0.0323. The van der Waals surface area contributed by atoms with Gasteiger partial charge in [0.15, 0.2) is 5.78 Å². The summed E-state index contributed by atoms with van der Waals surface area (Å²) in [6.45, 7) is 10.7. The van der Waals surface area contributed by atoms with Gasteiger partial charge in [-0.25, -0.2) is 0 Å². The van der Waals surface area contributed by atoms with Crippen molar-refractivity contribution in [1.29, 1.82) is 0 Å². The molecule has 0 rings (SSSR count). The molecule has 5 heteroatoms. The monoisotopic (exact) mass is 314 g/mol. The van der Waals surface area contributed by atoms with Gasteiger partial charge in [-0.2, -0.15) is 0 Å². The lowest BCUT2D eigenvalue weighted by Crippen LogP contribution is -2.48. The lowest BCUT2D eigenvalue weighted by molar-refractivity contribution is -0.143. The fourth-order valence-electron chi connectivity index (χ4n) is 2.75. The average molecular weight is 314 g/mol. The van der Waals surface area contributed by atoms with E-state index in [-0.39, 0.29) is 24.3 Å². The first-order valence-corrected chi connectivity index (χ1v) is 8.42. The number of rotatable bonds is 12. The van der Waals surface area contributed by atoms with Crippen molar-refractivity contribution >= 4 is 11.8 Å². The van der Waals surface area contributed by atoms with E-state index in [1.165, 1.54) is 0 Å². The summed E-state index contributed by atoms with van der Waals surface area (Å²) in [6.07, 6.45) is 2.56. The normalized spacial score (nSPS) is 14.6. The second-order valence-corrected chi connectivity index (χ2v) is 6.93. The first kappa shape index (κ1) is 21.1. The topological polar surface area (TPSA) is 92.4 Å². The highest BCUT2D eigenvalue weighted by Crippen LogP contribution is 2.16. The van der Waals surface area contributed by atoms with Crippen molar-refractivity contribution in [1.82, 2.24) is 5.32 Å². The molecule has 22 heavy (non-hydrogen) atoms. The van der Waals surface area contributed by atoms with Gasteiger partial charge in [0.1, 0.15) is 0 Å². The standard InChI is InChI=1S/C17H34N2O3/c1-11(2)16(12(3)4)19-14(8-6-7-9-18)15(20)10-13(5)17(21)22/h11-14,16,19H,6-10,18H2,1-5H3,(H,21,22)/t13-,14?/m1/s1. The van der Waals surface area contributed by atoms with E-state index >= 15 is 0 Å².